The maximum Gasteiger partial charge on any atom is 0.132 e. The number of rotatable bonds is 1. The first-order valence-corrected chi connectivity index (χ1v) is 4.83. The summed E-state index contributed by atoms with van der Waals surface area (Å²) in [5.74, 6) is 0.912. The van der Waals surface area contributed by atoms with Gasteiger partial charge in [0.15, 0.2) is 0 Å². The van der Waals surface area contributed by atoms with E-state index in [1.807, 2.05) is 19.9 Å². The Morgan fingerprint density at radius 1 is 1.50 bits per heavy atom. The number of β-amino-alcohol motifs (C(OH)–C–C–N with tert-alkyl or cyclic N) is 1. The molecule has 0 radical (unpaired) electrons. The fraction of sp³-hybridized carbons (Fsp3) is 0.600. The van der Waals surface area contributed by atoms with Crippen LogP contribution in [0.5, 0.6) is 0 Å². The molecule has 1 aromatic heterocycles. The fourth-order valence-corrected chi connectivity index (χ4v) is 1.75. The average molecular weight is 193 g/mol. The monoisotopic (exact) mass is 193 g/mol. The number of aromatic nitrogens is 2. The van der Waals surface area contributed by atoms with E-state index in [9.17, 15) is 5.11 Å². The summed E-state index contributed by atoms with van der Waals surface area (Å²) in [5.41, 5.74) is 0.389. The molecule has 4 heteroatoms. The van der Waals surface area contributed by atoms with Crippen molar-refractivity contribution in [2.45, 2.75) is 25.9 Å². The van der Waals surface area contributed by atoms with Crippen molar-refractivity contribution < 1.29 is 5.11 Å². The van der Waals surface area contributed by atoms with E-state index in [4.69, 9.17) is 0 Å². The minimum Gasteiger partial charge on any atom is -0.388 e. The number of nitrogens with zero attached hydrogens (tertiary/aromatic N) is 3. The van der Waals surface area contributed by atoms with Gasteiger partial charge in [0.2, 0.25) is 0 Å². The molecule has 1 saturated heterocycles. The van der Waals surface area contributed by atoms with Gasteiger partial charge in [-0.3, -0.25) is 0 Å². The molecule has 1 aliphatic heterocycles. The Labute approximate surface area is 83.6 Å². The van der Waals surface area contributed by atoms with Crippen LogP contribution >= 0.6 is 0 Å². The average Bonchev–Trinajstić information content (AvgIpc) is 2.46. The quantitative estimate of drug-likeness (QED) is 0.715. The lowest BCUT2D eigenvalue weighted by atomic mass is 10.1. The molecule has 1 fully saturated rings. The van der Waals surface area contributed by atoms with Crippen molar-refractivity contribution in [2.75, 3.05) is 18.0 Å². The Hall–Kier alpha value is -1.16. The van der Waals surface area contributed by atoms with Crippen LogP contribution in [0.3, 0.4) is 0 Å². The Balaban J connectivity index is 2.17. The summed E-state index contributed by atoms with van der Waals surface area (Å²) >= 11 is 0. The molecule has 2 heterocycles. The van der Waals surface area contributed by atoms with E-state index in [1.165, 1.54) is 0 Å². The van der Waals surface area contributed by atoms with Gasteiger partial charge in [-0.25, -0.2) is 9.97 Å². The van der Waals surface area contributed by atoms with Crippen LogP contribution in [0.2, 0.25) is 0 Å². The molecule has 2 rings (SSSR count). The van der Waals surface area contributed by atoms with Gasteiger partial charge in [0, 0.05) is 24.8 Å². The highest BCUT2D eigenvalue weighted by Gasteiger charge is 2.31. The van der Waals surface area contributed by atoms with Crippen LogP contribution in [0.1, 0.15) is 19.0 Å². The van der Waals surface area contributed by atoms with Crippen molar-refractivity contribution in [3.05, 3.63) is 18.1 Å². The predicted molar refractivity (Wildman–Crippen MR) is 54.2 cm³/mol. The van der Waals surface area contributed by atoms with Gasteiger partial charge in [-0.05, 0) is 20.3 Å². The van der Waals surface area contributed by atoms with Crippen molar-refractivity contribution in [3.8, 4) is 0 Å². The second-order valence-electron chi connectivity index (χ2n) is 4.19. The SMILES string of the molecule is Cc1cc(N2CCC(C)(O)C2)ncn1. The van der Waals surface area contributed by atoms with Crippen LogP contribution in [-0.4, -0.2) is 33.8 Å². The summed E-state index contributed by atoms with van der Waals surface area (Å²) in [6, 6.07) is 1.95. The zero-order chi connectivity index (χ0) is 10.2. The molecule has 0 aliphatic carbocycles. The van der Waals surface area contributed by atoms with Crippen LogP contribution in [0.15, 0.2) is 12.4 Å². The number of anilines is 1. The lowest BCUT2D eigenvalue weighted by Gasteiger charge is -2.19. The Morgan fingerprint density at radius 3 is 2.86 bits per heavy atom. The predicted octanol–water partition coefficient (Wildman–Crippen LogP) is 0.746. The first-order valence-electron chi connectivity index (χ1n) is 4.83. The third-order valence-corrected chi connectivity index (χ3v) is 2.57. The van der Waals surface area contributed by atoms with E-state index in [2.05, 4.69) is 14.9 Å². The van der Waals surface area contributed by atoms with Gasteiger partial charge in [-0.2, -0.15) is 0 Å². The number of hydrogen-bond acceptors (Lipinski definition) is 4. The van der Waals surface area contributed by atoms with Crippen molar-refractivity contribution in [3.63, 3.8) is 0 Å². The molecular weight excluding hydrogens is 178 g/mol. The number of hydrogen-bond donors (Lipinski definition) is 1. The van der Waals surface area contributed by atoms with Gasteiger partial charge in [0.05, 0.1) is 5.60 Å². The van der Waals surface area contributed by atoms with Crippen LogP contribution in [0.4, 0.5) is 5.82 Å². The van der Waals surface area contributed by atoms with Gasteiger partial charge in [0.25, 0.3) is 0 Å². The van der Waals surface area contributed by atoms with E-state index >= 15 is 0 Å². The highest BCUT2D eigenvalue weighted by atomic mass is 16.3. The van der Waals surface area contributed by atoms with E-state index in [1.54, 1.807) is 6.33 Å². The summed E-state index contributed by atoms with van der Waals surface area (Å²) in [6.07, 6.45) is 2.37. The highest BCUT2D eigenvalue weighted by Crippen LogP contribution is 2.24. The molecule has 0 saturated carbocycles. The maximum atomic E-state index is 9.81. The molecule has 14 heavy (non-hydrogen) atoms. The number of aliphatic hydroxyl groups is 1. The smallest absolute Gasteiger partial charge is 0.132 e. The van der Waals surface area contributed by atoms with Gasteiger partial charge in [-0.1, -0.05) is 0 Å². The molecule has 1 aliphatic rings. The molecule has 0 aromatic carbocycles. The fourth-order valence-electron chi connectivity index (χ4n) is 1.75. The third kappa shape index (κ3) is 1.85. The molecule has 1 N–H and O–H groups in total. The first kappa shape index (κ1) is 9.40. The first-order chi connectivity index (χ1) is 6.57. The lowest BCUT2D eigenvalue weighted by molar-refractivity contribution is 0.0839. The zero-order valence-corrected chi connectivity index (χ0v) is 8.56. The maximum absolute atomic E-state index is 9.81. The summed E-state index contributed by atoms with van der Waals surface area (Å²) in [5, 5.41) is 9.81. The molecular formula is C10H15N3O. The molecule has 0 spiro atoms. The topological polar surface area (TPSA) is 49.2 Å². The van der Waals surface area contributed by atoms with E-state index in [-0.39, 0.29) is 0 Å². The molecule has 1 atom stereocenters. The second kappa shape index (κ2) is 3.20. The van der Waals surface area contributed by atoms with Crippen molar-refractivity contribution >= 4 is 5.82 Å². The van der Waals surface area contributed by atoms with Crippen LogP contribution in [0, 0.1) is 6.92 Å². The normalized spacial score (nSPS) is 26.9. The zero-order valence-electron chi connectivity index (χ0n) is 8.56. The van der Waals surface area contributed by atoms with Crippen LogP contribution < -0.4 is 4.90 Å². The molecule has 1 unspecified atom stereocenters. The molecule has 1 aromatic rings. The molecule has 76 valence electrons. The Bertz CT molecular complexity index is 338. The van der Waals surface area contributed by atoms with Crippen LogP contribution in [0.25, 0.3) is 0 Å². The van der Waals surface area contributed by atoms with E-state index in [0.29, 0.717) is 6.54 Å². The van der Waals surface area contributed by atoms with Gasteiger partial charge in [0.1, 0.15) is 12.1 Å². The lowest BCUT2D eigenvalue weighted by Crippen LogP contribution is -2.30. The standard InChI is InChI=1S/C10H15N3O/c1-8-5-9(12-7-11-8)13-4-3-10(2,14)6-13/h5,7,14H,3-4,6H2,1-2H3. The van der Waals surface area contributed by atoms with Crippen LogP contribution in [-0.2, 0) is 0 Å². The van der Waals surface area contributed by atoms with Crippen molar-refractivity contribution in [1.82, 2.24) is 9.97 Å². The Kier molecular flexibility index (Phi) is 2.15. The second-order valence-corrected chi connectivity index (χ2v) is 4.19. The minimum atomic E-state index is -0.571. The molecule has 4 nitrogen and oxygen atoms in total. The largest absolute Gasteiger partial charge is 0.388 e. The summed E-state index contributed by atoms with van der Waals surface area (Å²) in [4.78, 5) is 10.3. The van der Waals surface area contributed by atoms with E-state index in [0.717, 1.165) is 24.5 Å². The summed E-state index contributed by atoms with van der Waals surface area (Å²) in [7, 11) is 0. The summed E-state index contributed by atoms with van der Waals surface area (Å²) < 4.78 is 0. The van der Waals surface area contributed by atoms with Gasteiger partial charge in [-0.15, -0.1) is 0 Å². The third-order valence-electron chi connectivity index (χ3n) is 2.57. The van der Waals surface area contributed by atoms with Gasteiger partial charge >= 0.3 is 0 Å². The highest BCUT2D eigenvalue weighted by molar-refractivity contribution is 5.40. The summed E-state index contributed by atoms with van der Waals surface area (Å²) in [6.45, 7) is 5.33. The van der Waals surface area contributed by atoms with Crippen molar-refractivity contribution in [1.29, 1.82) is 0 Å². The number of aryl methyl sites for hydroxylation is 1. The van der Waals surface area contributed by atoms with Gasteiger partial charge < -0.3 is 10.0 Å². The van der Waals surface area contributed by atoms with E-state index < -0.39 is 5.60 Å². The van der Waals surface area contributed by atoms with Crippen molar-refractivity contribution in [2.24, 2.45) is 0 Å². The Morgan fingerprint density at radius 2 is 2.29 bits per heavy atom. The molecule has 0 bridgehead atoms. The minimum absolute atomic E-state index is 0.571. The molecule has 0 amide bonds.